The molecule has 0 aromatic carbocycles. The van der Waals surface area contributed by atoms with E-state index in [1.165, 1.54) is 0 Å². The Hall–Kier alpha value is -1.07. The summed E-state index contributed by atoms with van der Waals surface area (Å²) in [6.45, 7) is 1.17. The minimum atomic E-state index is -2.74. The quantitative estimate of drug-likeness (QED) is 0.572. The summed E-state index contributed by atoms with van der Waals surface area (Å²) in [5.41, 5.74) is 4.42. The van der Waals surface area contributed by atoms with Crippen LogP contribution in [-0.4, -0.2) is 30.2 Å². The van der Waals surface area contributed by atoms with Crippen LogP contribution in [0, 0.1) is 21.9 Å². The first kappa shape index (κ1) is 13.4. The number of hydrogen-bond acceptors (Lipinski definition) is 6. The van der Waals surface area contributed by atoms with Gasteiger partial charge in [-0.1, -0.05) is 0 Å². The molecule has 2 aliphatic rings. The van der Waals surface area contributed by atoms with E-state index in [4.69, 9.17) is 8.85 Å². The number of nitrogens with zero attached hydrogens (tertiary/aromatic N) is 4. The van der Waals surface area contributed by atoms with Crippen LogP contribution >= 0.6 is 0 Å². The van der Waals surface area contributed by atoms with Crippen molar-refractivity contribution in [3.63, 3.8) is 0 Å². The molecule has 2 rings (SSSR count). The average Bonchev–Trinajstić information content (AvgIpc) is 2.47. The van der Waals surface area contributed by atoms with Crippen LogP contribution in [0.25, 0.3) is 0 Å². The summed E-state index contributed by atoms with van der Waals surface area (Å²) >= 11 is 0. The van der Waals surface area contributed by atoms with E-state index in [0.29, 0.717) is 25.3 Å². The zero-order valence-electron chi connectivity index (χ0n) is 10.3. The summed E-state index contributed by atoms with van der Waals surface area (Å²) in [7, 11) is -5.47. The molecule has 2 atom stereocenters. The molecule has 96 valence electrons. The maximum atomic E-state index is 9.25. The van der Waals surface area contributed by atoms with Crippen LogP contribution in [0.3, 0.4) is 0 Å². The Labute approximate surface area is 109 Å². The molecule has 0 N–H and O–H groups in total. The third-order valence-electron chi connectivity index (χ3n) is 3.22. The zero-order chi connectivity index (χ0) is 12.9. The predicted molar refractivity (Wildman–Crippen MR) is 67.6 cm³/mol. The zero-order valence-corrected chi connectivity index (χ0v) is 12.3. The molecule has 2 aliphatic heterocycles. The Morgan fingerprint density at radius 3 is 1.50 bits per heavy atom. The molecular formula is C10H16N4O2Si2. The fourth-order valence-corrected chi connectivity index (χ4v) is 6.86. The van der Waals surface area contributed by atoms with Crippen molar-refractivity contribution in [2.75, 3.05) is 13.2 Å². The van der Waals surface area contributed by atoms with Gasteiger partial charge in [-0.25, -0.2) is 10.5 Å². The van der Waals surface area contributed by atoms with Gasteiger partial charge in [-0.05, 0) is 25.7 Å². The molecule has 0 aliphatic carbocycles. The van der Waals surface area contributed by atoms with E-state index in [-0.39, 0.29) is 0 Å². The molecule has 2 fully saturated rings. The second kappa shape index (κ2) is 5.72. The van der Waals surface area contributed by atoms with E-state index in [0.717, 1.165) is 25.7 Å². The van der Waals surface area contributed by atoms with Crippen LogP contribution in [0.2, 0.25) is 12.1 Å². The van der Waals surface area contributed by atoms with Gasteiger partial charge in [0.1, 0.15) is 0 Å². The average molecular weight is 280 g/mol. The lowest BCUT2D eigenvalue weighted by molar-refractivity contribution is 0.268. The fourth-order valence-electron chi connectivity index (χ4n) is 2.10. The molecule has 0 saturated carbocycles. The molecule has 0 bridgehead atoms. The van der Waals surface area contributed by atoms with Crippen LogP contribution < -0.4 is 0 Å². The van der Waals surface area contributed by atoms with Gasteiger partial charge in [0.2, 0.25) is 0 Å². The van der Waals surface area contributed by atoms with Crippen LogP contribution in [0.1, 0.15) is 25.7 Å². The molecule has 0 aromatic heterocycles. The molecule has 2 saturated heterocycles. The van der Waals surface area contributed by atoms with E-state index < -0.39 is 17.0 Å². The van der Waals surface area contributed by atoms with Crippen molar-refractivity contribution in [1.29, 1.82) is 10.5 Å². The van der Waals surface area contributed by atoms with Crippen molar-refractivity contribution in [3.05, 3.63) is 0 Å². The highest BCUT2D eigenvalue weighted by Gasteiger charge is 2.44. The summed E-state index contributed by atoms with van der Waals surface area (Å²) in [5, 5.41) is 18.5. The van der Waals surface area contributed by atoms with Crippen LogP contribution in [-0.2, 0) is 8.85 Å². The maximum absolute atomic E-state index is 9.25. The first-order valence-corrected chi connectivity index (χ1v) is 10.4. The number of nitriles is 2. The summed E-state index contributed by atoms with van der Waals surface area (Å²) in [5.74, 6) is 0. The minimum Gasteiger partial charge on any atom is -0.387 e. The van der Waals surface area contributed by atoms with Crippen molar-refractivity contribution in [2.45, 2.75) is 37.8 Å². The van der Waals surface area contributed by atoms with Gasteiger partial charge in [0, 0.05) is 25.3 Å². The van der Waals surface area contributed by atoms with Crippen molar-refractivity contribution in [3.8, 4) is 11.4 Å². The van der Waals surface area contributed by atoms with Crippen LogP contribution in [0.15, 0.2) is 9.56 Å². The van der Waals surface area contributed by atoms with E-state index >= 15 is 0 Å². The Balaban J connectivity index is 2.12. The van der Waals surface area contributed by atoms with Gasteiger partial charge in [-0.15, -0.1) is 0 Å². The van der Waals surface area contributed by atoms with E-state index in [1.54, 1.807) is 0 Å². The molecule has 0 aromatic rings. The second-order valence-corrected chi connectivity index (χ2v) is 10.2. The lowest BCUT2D eigenvalue weighted by Crippen LogP contribution is -2.42. The van der Waals surface area contributed by atoms with Crippen molar-refractivity contribution in [2.24, 2.45) is 9.56 Å². The Bertz CT molecular complexity index is 365. The summed E-state index contributed by atoms with van der Waals surface area (Å²) in [4.78, 5) is 0. The van der Waals surface area contributed by atoms with Crippen molar-refractivity contribution < 1.29 is 8.85 Å². The SMILES string of the molecule is N#C[Si]1(/N=N/[Si]2(C#N)CCCCO2)CCCCO1. The topological polar surface area (TPSA) is 90.8 Å². The third kappa shape index (κ3) is 2.84. The Morgan fingerprint density at radius 1 is 0.778 bits per heavy atom. The summed E-state index contributed by atoms with van der Waals surface area (Å²) in [6.07, 6.45) is 3.87. The molecule has 18 heavy (non-hydrogen) atoms. The van der Waals surface area contributed by atoms with Crippen LogP contribution in [0.4, 0.5) is 0 Å². The molecule has 6 nitrogen and oxygen atoms in total. The van der Waals surface area contributed by atoms with E-state index in [2.05, 4.69) is 20.9 Å². The highest BCUT2D eigenvalue weighted by atomic mass is 28.4. The monoisotopic (exact) mass is 280 g/mol. The van der Waals surface area contributed by atoms with Crippen molar-refractivity contribution in [1.82, 2.24) is 0 Å². The second-order valence-electron chi connectivity index (χ2n) is 4.60. The van der Waals surface area contributed by atoms with Crippen molar-refractivity contribution >= 4 is 17.0 Å². The highest BCUT2D eigenvalue weighted by Crippen LogP contribution is 2.27. The highest BCUT2D eigenvalue weighted by molar-refractivity contribution is 6.82. The first-order chi connectivity index (χ1) is 8.74. The summed E-state index contributed by atoms with van der Waals surface area (Å²) in [6, 6.07) is 1.37. The minimum absolute atomic E-state index is 0.584. The van der Waals surface area contributed by atoms with Crippen LogP contribution in [0.5, 0.6) is 0 Å². The molecule has 0 amide bonds. The molecule has 0 spiro atoms. The lowest BCUT2D eigenvalue weighted by atomic mass is 10.4. The van der Waals surface area contributed by atoms with E-state index in [9.17, 15) is 10.5 Å². The lowest BCUT2D eigenvalue weighted by Gasteiger charge is -2.26. The predicted octanol–water partition coefficient (Wildman–Crippen LogP) is 2.07. The standard InChI is InChI=1S/C10H16N4O2Si2/c11-9-17(7-3-1-5-15-17)13-14-18(10-12)8-4-2-6-16-18/h1-8H2/b14-13+. The third-order valence-corrected chi connectivity index (χ3v) is 8.40. The van der Waals surface area contributed by atoms with Gasteiger partial charge in [0.25, 0.3) is 0 Å². The first-order valence-electron chi connectivity index (χ1n) is 6.29. The number of hydrogen-bond donors (Lipinski definition) is 0. The molecule has 8 heteroatoms. The van der Waals surface area contributed by atoms with Gasteiger partial charge in [0.15, 0.2) is 0 Å². The van der Waals surface area contributed by atoms with Gasteiger partial charge >= 0.3 is 17.0 Å². The molecule has 0 radical (unpaired) electrons. The summed E-state index contributed by atoms with van der Waals surface area (Å²) < 4.78 is 19.5. The number of rotatable bonds is 2. The Kier molecular flexibility index (Phi) is 4.24. The maximum Gasteiger partial charge on any atom is 0.452 e. The van der Waals surface area contributed by atoms with Gasteiger partial charge in [0.05, 0.1) is 11.4 Å². The fraction of sp³-hybridized carbons (Fsp3) is 0.800. The van der Waals surface area contributed by atoms with Gasteiger partial charge in [-0.3, -0.25) is 0 Å². The largest absolute Gasteiger partial charge is 0.452 e. The molecule has 2 unspecified atom stereocenters. The van der Waals surface area contributed by atoms with E-state index in [1.807, 2.05) is 0 Å². The molecular weight excluding hydrogens is 264 g/mol. The normalized spacial score (nSPS) is 37.0. The molecule has 2 heterocycles. The smallest absolute Gasteiger partial charge is 0.387 e. The van der Waals surface area contributed by atoms with Gasteiger partial charge in [-0.2, -0.15) is 9.56 Å². The Morgan fingerprint density at radius 2 is 1.22 bits per heavy atom. The van der Waals surface area contributed by atoms with Gasteiger partial charge < -0.3 is 8.85 Å².